The van der Waals surface area contributed by atoms with Gasteiger partial charge in [-0.2, -0.15) is 0 Å². The lowest BCUT2D eigenvalue weighted by atomic mass is 9.73. The van der Waals surface area contributed by atoms with E-state index in [1.807, 2.05) is 18.2 Å². The van der Waals surface area contributed by atoms with E-state index in [9.17, 15) is 19.5 Å². The van der Waals surface area contributed by atoms with Gasteiger partial charge in [-0.15, -0.1) is 0 Å². The van der Waals surface area contributed by atoms with E-state index < -0.39 is 28.6 Å². The fourth-order valence-electron chi connectivity index (χ4n) is 5.86. The highest BCUT2D eigenvalue weighted by molar-refractivity contribution is 6.14. The lowest BCUT2D eigenvalue weighted by Gasteiger charge is -2.33. The van der Waals surface area contributed by atoms with E-state index in [0.717, 1.165) is 5.56 Å². The van der Waals surface area contributed by atoms with Crippen LogP contribution in [-0.2, 0) is 18.2 Å². The molecule has 2 heterocycles. The van der Waals surface area contributed by atoms with Gasteiger partial charge in [0.15, 0.2) is 5.78 Å². The molecule has 2 aromatic carbocycles. The maximum Gasteiger partial charge on any atom is 0.326 e. The second kappa shape index (κ2) is 7.33. The number of aromatic nitrogens is 2. The minimum atomic E-state index is -2.05. The van der Waals surface area contributed by atoms with Crippen LogP contribution in [0.2, 0.25) is 0 Å². The topological polar surface area (TPSA) is 139 Å². The fourth-order valence-corrected chi connectivity index (χ4v) is 5.86. The summed E-state index contributed by atoms with van der Waals surface area (Å²) in [4.78, 5) is 41.7. The minimum Gasteiger partial charge on any atom is -0.456 e. The smallest absolute Gasteiger partial charge is 0.326 e. The van der Waals surface area contributed by atoms with E-state index in [1.165, 1.54) is 17.4 Å². The van der Waals surface area contributed by atoms with Gasteiger partial charge in [0.25, 0.3) is 11.7 Å². The third-order valence-electron chi connectivity index (χ3n) is 8.38. The molecule has 3 aromatic rings. The number of carbonyl (C=O) groups is 2. The fraction of sp³-hybridized carbons (Fsp3) is 0.370. The molecule has 1 amide bonds. The van der Waals surface area contributed by atoms with Gasteiger partial charge in [-0.25, -0.2) is 4.79 Å². The zero-order valence-electron chi connectivity index (χ0n) is 20.3. The van der Waals surface area contributed by atoms with Crippen molar-refractivity contribution in [2.45, 2.75) is 43.8 Å². The molecule has 0 radical (unpaired) electrons. The monoisotopic (exact) mass is 488 g/mol. The van der Waals surface area contributed by atoms with E-state index >= 15 is 0 Å². The van der Waals surface area contributed by atoms with E-state index in [2.05, 4.69) is 17.2 Å². The quantitative estimate of drug-likeness (QED) is 0.406. The molecule has 1 fully saturated rings. The third kappa shape index (κ3) is 2.77. The summed E-state index contributed by atoms with van der Waals surface area (Å²) < 4.78 is 7.55. The normalized spacial score (nSPS) is 24.6. The van der Waals surface area contributed by atoms with Crippen molar-refractivity contribution in [3.63, 3.8) is 0 Å². The van der Waals surface area contributed by atoms with Gasteiger partial charge in [0.1, 0.15) is 16.9 Å². The molecule has 6 rings (SSSR count). The average Bonchev–Trinajstić information content (AvgIpc) is 3.59. The summed E-state index contributed by atoms with van der Waals surface area (Å²) in [5.74, 6) is -1.66. The molecule has 0 spiro atoms. The molecule has 1 saturated carbocycles. The average molecular weight is 489 g/mol. The van der Waals surface area contributed by atoms with E-state index in [-0.39, 0.29) is 29.1 Å². The largest absolute Gasteiger partial charge is 0.456 e. The summed E-state index contributed by atoms with van der Waals surface area (Å²) in [7, 11) is 1.56. The van der Waals surface area contributed by atoms with Crippen molar-refractivity contribution >= 4 is 17.4 Å². The van der Waals surface area contributed by atoms with Crippen LogP contribution in [0.15, 0.2) is 41.2 Å². The van der Waals surface area contributed by atoms with Crippen molar-refractivity contribution in [3.05, 3.63) is 80.5 Å². The molecule has 9 nitrogen and oxygen atoms in total. The summed E-state index contributed by atoms with van der Waals surface area (Å²) in [6, 6.07) is 10.6. The highest BCUT2D eigenvalue weighted by atomic mass is 16.6. The van der Waals surface area contributed by atoms with Crippen molar-refractivity contribution in [2.24, 2.45) is 13.0 Å². The molecule has 0 bridgehead atoms. The first-order chi connectivity index (χ1) is 17.1. The zero-order valence-corrected chi connectivity index (χ0v) is 20.3. The summed E-state index contributed by atoms with van der Waals surface area (Å²) >= 11 is 0. The van der Waals surface area contributed by atoms with Gasteiger partial charge in [-0.1, -0.05) is 31.2 Å². The number of fused-ring (bicyclic) bond motifs is 5. The van der Waals surface area contributed by atoms with Crippen molar-refractivity contribution in [2.75, 3.05) is 12.3 Å². The highest BCUT2D eigenvalue weighted by Crippen LogP contribution is 2.60. The number of hydrogen-bond donors (Lipinski definition) is 4. The van der Waals surface area contributed by atoms with Crippen LogP contribution in [0.25, 0.3) is 0 Å². The summed E-state index contributed by atoms with van der Waals surface area (Å²) in [6.45, 7) is 3.56. The predicted octanol–water partition coefficient (Wildman–Crippen LogP) is 2.22. The minimum absolute atomic E-state index is 0.0951. The number of nitrogens with zero attached hydrogens (tertiary/aromatic N) is 1. The maximum absolute atomic E-state index is 14.1. The van der Waals surface area contributed by atoms with E-state index in [1.54, 1.807) is 32.2 Å². The molecular weight excluding hydrogens is 460 g/mol. The molecule has 3 aliphatic rings. The first kappa shape index (κ1) is 22.6. The molecule has 2 unspecified atom stereocenters. The van der Waals surface area contributed by atoms with Gasteiger partial charge in [0.2, 0.25) is 0 Å². The number of nitrogens with two attached hydrogens (primary N) is 1. The van der Waals surface area contributed by atoms with E-state index in [0.29, 0.717) is 28.8 Å². The van der Waals surface area contributed by atoms with Crippen LogP contribution in [0, 0.1) is 12.8 Å². The number of ketones is 1. The van der Waals surface area contributed by atoms with Gasteiger partial charge in [0.05, 0.1) is 5.56 Å². The van der Waals surface area contributed by atoms with Gasteiger partial charge in [-0.05, 0) is 49.3 Å². The number of H-pyrrole nitrogens is 1. The van der Waals surface area contributed by atoms with Crippen molar-refractivity contribution < 1.29 is 19.4 Å². The molecule has 1 aliphatic heterocycles. The number of imidazole rings is 1. The number of Topliss-reactive ketones (excluding diaryl/α,β-unsaturated/α-hetero) is 1. The molecule has 186 valence electrons. The number of ether oxygens (including phenoxy) is 1. The van der Waals surface area contributed by atoms with E-state index in [4.69, 9.17) is 10.5 Å². The summed E-state index contributed by atoms with van der Waals surface area (Å²) in [6.07, 6.45) is 2.37. The summed E-state index contributed by atoms with van der Waals surface area (Å²) in [5.41, 5.74) is 6.95. The predicted molar refractivity (Wildman–Crippen MR) is 132 cm³/mol. The van der Waals surface area contributed by atoms with Crippen LogP contribution in [-0.4, -0.2) is 32.9 Å². The molecule has 36 heavy (non-hydrogen) atoms. The first-order valence-electron chi connectivity index (χ1n) is 12.1. The van der Waals surface area contributed by atoms with Crippen LogP contribution < -0.4 is 21.5 Å². The Balaban J connectivity index is 1.46. The van der Waals surface area contributed by atoms with Crippen LogP contribution in [0.1, 0.15) is 68.9 Å². The third-order valence-corrected chi connectivity index (χ3v) is 8.38. The number of aromatic amines is 1. The summed E-state index contributed by atoms with van der Waals surface area (Å²) in [5, 5.41) is 14.9. The number of carbonyl (C=O) groups excluding carboxylic acids is 2. The second-order valence-corrected chi connectivity index (χ2v) is 10.3. The standard InChI is InChI=1S/C27H28N4O5/c1-13(15-7-8-15)16-9-10-17-20(11-16)36-27(35)18-5-4-6-19(28)21(18)23(32)26(17,27)12-29-24(33)22-14(2)31(3)25(34)30-22/h4-6,9-11,13,15,35H,7-8,12,28H2,1-3H3,(H,29,33)(H,30,34)/t13-,26?,27?/m1/s1. The van der Waals surface area contributed by atoms with Crippen LogP contribution in [0.5, 0.6) is 5.75 Å². The maximum atomic E-state index is 14.1. The Kier molecular flexibility index (Phi) is 4.60. The van der Waals surface area contributed by atoms with Crippen molar-refractivity contribution in [1.29, 1.82) is 0 Å². The molecule has 1 aromatic heterocycles. The number of aliphatic hydroxyl groups is 1. The van der Waals surface area contributed by atoms with Crippen LogP contribution >= 0.6 is 0 Å². The number of hydrogen-bond acceptors (Lipinski definition) is 6. The Hall–Kier alpha value is -3.85. The second-order valence-electron chi connectivity index (χ2n) is 10.3. The SMILES string of the molecule is Cc1c(C(=O)NCC23C(=O)c4c(N)cccc4C2(O)Oc2cc([C@H](C)C4CC4)ccc23)[nH]c(=O)n1C. The van der Waals surface area contributed by atoms with Gasteiger partial charge < -0.3 is 25.9 Å². The number of amides is 1. The number of anilines is 1. The Labute approximate surface area is 207 Å². The Morgan fingerprint density at radius 2 is 2.03 bits per heavy atom. The Bertz CT molecular complexity index is 1520. The molecule has 5 N–H and O–H groups in total. The van der Waals surface area contributed by atoms with Gasteiger partial charge in [0, 0.05) is 36.1 Å². The number of nitrogen functional groups attached to an aromatic ring is 1. The van der Waals surface area contributed by atoms with Crippen LogP contribution in [0.3, 0.4) is 0 Å². The zero-order chi connectivity index (χ0) is 25.6. The number of benzene rings is 2. The molecule has 2 aliphatic carbocycles. The Morgan fingerprint density at radius 1 is 1.28 bits per heavy atom. The molecule has 9 heteroatoms. The van der Waals surface area contributed by atoms with Crippen molar-refractivity contribution in [1.82, 2.24) is 14.9 Å². The van der Waals surface area contributed by atoms with Crippen LogP contribution in [0.4, 0.5) is 5.69 Å². The molecular formula is C27H28N4O5. The van der Waals surface area contributed by atoms with Gasteiger partial charge >= 0.3 is 5.69 Å². The molecule has 0 saturated heterocycles. The number of rotatable bonds is 5. The lowest BCUT2D eigenvalue weighted by Crippen LogP contribution is -2.55. The number of nitrogens with one attached hydrogen (secondary N) is 2. The van der Waals surface area contributed by atoms with Crippen molar-refractivity contribution in [3.8, 4) is 5.75 Å². The highest BCUT2D eigenvalue weighted by Gasteiger charge is 2.71. The first-order valence-corrected chi connectivity index (χ1v) is 12.1. The lowest BCUT2D eigenvalue weighted by molar-refractivity contribution is -0.162. The molecule has 3 atom stereocenters. The Morgan fingerprint density at radius 3 is 2.69 bits per heavy atom. The van der Waals surface area contributed by atoms with Gasteiger partial charge in [-0.3, -0.25) is 14.2 Å².